The van der Waals surface area contributed by atoms with E-state index in [1.807, 2.05) is 0 Å². The molecule has 0 spiro atoms. The van der Waals surface area contributed by atoms with Crippen LogP contribution in [0.5, 0.6) is 11.5 Å². The molecular formula is C27H20Cl3NO7. The van der Waals surface area contributed by atoms with Gasteiger partial charge in [0.1, 0.15) is 11.5 Å². The van der Waals surface area contributed by atoms with Crippen molar-refractivity contribution in [3.05, 3.63) is 86.9 Å². The average molecular weight is 577 g/mol. The molecule has 3 aromatic rings. The number of rotatable bonds is 8. The molecule has 3 aromatic carbocycles. The van der Waals surface area contributed by atoms with Crippen LogP contribution in [0.3, 0.4) is 0 Å². The lowest BCUT2D eigenvalue weighted by Gasteiger charge is -2.19. The van der Waals surface area contributed by atoms with E-state index in [0.29, 0.717) is 21.5 Å². The molecule has 0 aliphatic carbocycles. The fraction of sp³-hybridized carbons (Fsp3) is 0.185. The Kier molecular flexibility index (Phi) is 8.56. The molecule has 196 valence electrons. The summed E-state index contributed by atoms with van der Waals surface area (Å²) in [6.07, 6.45) is -0.0691. The molecule has 1 aliphatic heterocycles. The Hall–Kier alpha value is -3.59. The van der Waals surface area contributed by atoms with Gasteiger partial charge in [0, 0.05) is 28.6 Å². The van der Waals surface area contributed by atoms with Crippen LogP contribution >= 0.6 is 34.8 Å². The minimum absolute atomic E-state index is 0.0691. The first-order chi connectivity index (χ1) is 18.2. The van der Waals surface area contributed by atoms with Crippen molar-refractivity contribution in [2.24, 2.45) is 5.92 Å². The molecular weight excluding hydrogens is 557 g/mol. The molecule has 1 aliphatic rings. The Morgan fingerprint density at radius 1 is 0.947 bits per heavy atom. The van der Waals surface area contributed by atoms with Crippen LogP contribution in [0, 0.1) is 5.92 Å². The zero-order valence-electron chi connectivity index (χ0n) is 19.9. The third kappa shape index (κ3) is 6.27. The van der Waals surface area contributed by atoms with Gasteiger partial charge < -0.3 is 19.1 Å². The van der Waals surface area contributed by atoms with Crippen LogP contribution in [0.25, 0.3) is 0 Å². The first kappa shape index (κ1) is 27.4. The van der Waals surface area contributed by atoms with Crippen molar-refractivity contribution in [2.75, 3.05) is 25.2 Å². The second kappa shape index (κ2) is 11.9. The lowest BCUT2D eigenvalue weighted by molar-refractivity contribution is -0.147. The fourth-order valence-electron chi connectivity index (χ4n) is 3.84. The highest BCUT2D eigenvalue weighted by Crippen LogP contribution is 2.35. The van der Waals surface area contributed by atoms with Gasteiger partial charge in [-0.15, -0.1) is 0 Å². The minimum atomic E-state index is -0.750. The number of hydrogen-bond acceptors (Lipinski definition) is 7. The molecule has 1 atom stereocenters. The third-order valence-corrected chi connectivity index (χ3v) is 6.56. The summed E-state index contributed by atoms with van der Waals surface area (Å²) in [5.41, 5.74) is 0.839. The van der Waals surface area contributed by atoms with Gasteiger partial charge in [-0.25, -0.2) is 4.79 Å². The highest BCUT2D eigenvalue weighted by Gasteiger charge is 2.37. The maximum Gasteiger partial charge on any atom is 0.345 e. The van der Waals surface area contributed by atoms with Crippen LogP contribution in [-0.4, -0.2) is 43.9 Å². The third-order valence-electron chi connectivity index (χ3n) is 5.77. The van der Waals surface area contributed by atoms with Crippen LogP contribution in [0.15, 0.2) is 60.7 Å². The molecule has 1 fully saturated rings. The molecule has 1 amide bonds. The molecule has 4 rings (SSSR count). The zero-order valence-corrected chi connectivity index (χ0v) is 22.2. The fourth-order valence-corrected chi connectivity index (χ4v) is 4.49. The predicted molar refractivity (Wildman–Crippen MR) is 142 cm³/mol. The van der Waals surface area contributed by atoms with Gasteiger partial charge in [0.2, 0.25) is 5.91 Å². The number of ether oxygens (including phenoxy) is 3. The van der Waals surface area contributed by atoms with Crippen molar-refractivity contribution in [3.63, 3.8) is 0 Å². The molecule has 0 N–H and O–H groups in total. The highest BCUT2D eigenvalue weighted by atomic mass is 35.5. The first-order valence-electron chi connectivity index (χ1n) is 11.3. The zero-order chi connectivity index (χ0) is 27.4. The Morgan fingerprint density at radius 2 is 1.63 bits per heavy atom. The number of amides is 1. The van der Waals surface area contributed by atoms with Gasteiger partial charge in [0.25, 0.3) is 0 Å². The maximum absolute atomic E-state index is 12.6. The van der Waals surface area contributed by atoms with Crippen molar-refractivity contribution in [3.8, 4) is 11.5 Å². The lowest BCUT2D eigenvalue weighted by atomic mass is 10.1. The largest absolute Gasteiger partial charge is 0.495 e. The van der Waals surface area contributed by atoms with Crippen LogP contribution in [0.4, 0.5) is 5.69 Å². The van der Waals surface area contributed by atoms with E-state index in [1.165, 1.54) is 54.5 Å². The quantitative estimate of drug-likeness (QED) is 0.194. The molecule has 0 aromatic heterocycles. The van der Waals surface area contributed by atoms with E-state index in [2.05, 4.69) is 0 Å². The maximum atomic E-state index is 12.6. The summed E-state index contributed by atoms with van der Waals surface area (Å²) in [7, 11) is 1.47. The summed E-state index contributed by atoms with van der Waals surface area (Å²) in [5, 5.41) is 0.947. The number of ketones is 1. The monoisotopic (exact) mass is 575 g/mol. The van der Waals surface area contributed by atoms with Crippen LogP contribution in [-0.2, 0) is 14.3 Å². The summed E-state index contributed by atoms with van der Waals surface area (Å²) in [5.74, 6) is -2.22. The number of carbonyl (C=O) groups is 4. The summed E-state index contributed by atoms with van der Waals surface area (Å²) < 4.78 is 15.8. The van der Waals surface area contributed by atoms with Crippen molar-refractivity contribution in [2.45, 2.75) is 6.42 Å². The Bertz CT molecular complexity index is 1410. The van der Waals surface area contributed by atoms with E-state index in [0.717, 1.165) is 0 Å². The number of hydrogen-bond donors (Lipinski definition) is 0. The van der Waals surface area contributed by atoms with Crippen molar-refractivity contribution < 1.29 is 33.4 Å². The smallest absolute Gasteiger partial charge is 0.345 e. The molecule has 11 heteroatoms. The molecule has 8 nitrogen and oxygen atoms in total. The molecule has 0 radical (unpaired) electrons. The van der Waals surface area contributed by atoms with Gasteiger partial charge in [-0.3, -0.25) is 14.4 Å². The van der Waals surface area contributed by atoms with E-state index in [9.17, 15) is 19.2 Å². The number of Topliss-reactive ketones (excluding diaryl/α,β-unsaturated/α-hetero) is 1. The molecule has 0 bridgehead atoms. The number of halogens is 3. The van der Waals surface area contributed by atoms with Crippen LogP contribution < -0.4 is 14.4 Å². The molecule has 38 heavy (non-hydrogen) atoms. The van der Waals surface area contributed by atoms with Crippen molar-refractivity contribution in [1.29, 1.82) is 0 Å². The number of carbonyl (C=O) groups excluding carboxylic acids is 4. The van der Waals surface area contributed by atoms with E-state index in [4.69, 9.17) is 49.0 Å². The van der Waals surface area contributed by atoms with E-state index in [-0.39, 0.29) is 40.8 Å². The summed E-state index contributed by atoms with van der Waals surface area (Å²) >= 11 is 17.9. The van der Waals surface area contributed by atoms with E-state index >= 15 is 0 Å². The Morgan fingerprint density at radius 3 is 2.32 bits per heavy atom. The number of benzene rings is 3. The average Bonchev–Trinajstić information content (AvgIpc) is 3.28. The second-order valence-corrected chi connectivity index (χ2v) is 9.57. The molecule has 1 heterocycles. The summed E-state index contributed by atoms with van der Waals surface area (Å²) in [6.45, 7) is -0.441. The van der Waals surface area contributed by atoms with Gasteiger partial charge in [0.05, 0.1) is 29.3 Å². The number of methoxy groups -OCH3 is 1. The number of nitrogens with zero attached hydrogens (tertiary/aromatic N) is 1. The van der Waals surface area contributed by atoms with Gasteiger partial charge in [0.15, 0.2) is 12.4 Å². The van der Waals surface area contributed by atoms with E-state index in [1.54, 1.807) is 18.2 Å². The topological polar surface area (TPSA) is 99.2 Å². The van der Waals surface area contributed by atoms with Crippen LogP contribution in [0.2, 0.25) is 15.1 Å². The standard InChI is InChI=1S/C27H20Cl3NO7/c1-36-24-9-5-18(29)12-22(24)31-13-16(10-25(31)33)26(34)37-14-23(32)15-2-6-19(7-3-15)38-27(35)20-8-4-17(28)11-21(20)30/h2-9,11-12,16H,10,13-14H2,1H3. The predicted octanol–water partition coefficient (Wildman–Crippen LogP) is 5.65. The van der Waals surface area contributed by atoms with E-state index < -0.39 is 30.2 Å². The van der Waals surface area contributed by atoms with Crippen molar-refractivity contribution >= 4 is 64.1 Å². The van der Waals surface area contributed by atoms with Gasteiger partial charge in [-0.2, -0.15) is 0 Å². The first-order valence-corrected chi connectivity index (χ1v) is 12.4. The van der Waals surface area contributed by atoms with Gasteiger partial charge in [-0.1, -0.05) is 34.8 Å². The number of esters is 2. The van der Waals surface area contributed by atoms with Crippen LogP contribution in [0.1, 0.15) is 27.1 Å². The number of anilines is 1. The molecule has 1 unspecified atom stereocenters. The Balaban J connectivity index is 1.32. The molecule has 0 saturated carbocycles. The summed E-state index contributed by atoms with van der Waals surface area (Å²) in [4.78, 5) is 51.5. The Labute approximate surface area is 232 Å². The summed E-state index contributed by atoms with van der Waals surface area (Å²) in [6, 6.07) is 15.0. The minimum Gasteiger partial charge on any atom is -0.495 e. The molecule has 1 saturated heterocycles. The van der Waals surface area contributed by atoms with Gasteiger partial charge in [-0.05, 0) is 60.7 Å². The lowest BCUT2D eigenvalue weighted by Crippen LogP contribution is -2.27. The second-order valence-electron chi connectivity index (χ2n) is 8.29. The van der Waals surface area contributed by atoms with Gasteiger partial charge >= 0.3 is 11.9 Å². The highest BCUT2D eigenvalue weighted by molar-refractivity contribution is 6.36. The normalized spacial score (nSPS) is 14.8. The van der Waals surface area contributed by atoms with Crippen molar-refractivity contribution in [1.82, 2.24) is 0 Å². The SMILES string of the molecule is COc1ccc(Cl)cc1N1CC(C(=O)OCC(=O)c2ccc(OC(=O)c3ccc(Cl)cc3Cl)cc2)CC1=O.